The monoisotopic (exact) mass is 340 g/mol. The van der Waals surface area contributed by atoms with Crippen LogP contribution in [0, 0.1) is 0 Å². The highest BCUT2D eigenvalue weighted by Crippen LogP contribution is 2.31. The van der Waals surface area contributed by atoms with Gasteiger partial charge in [0.25, 0.3) is 0 Å². The Labute approximate surface area is 126 Å². The van der Waals surface area contributed by atoms with E-state index in [2.05, 4.69) is 46.3 Å². The number of hydrogen-bond acceptors (Lipinski definition) is 4. The second kappa shape index (κ2) is 5.69. The van der Waals surface area contributed by atoms with E-state index in [0.29, 0.717) is 6.42 Å². The van der Waals surface area contributed by atoms with Gasteiger partial charge in [-0.25, -0.2) is 0 Å². The van der Waals surface area contributed by atoms with Gasteiger partial charge in [-0.1, -0.05) is 53.3 Å². The summed E-state index contributed by atoms with van der Waals surface area (Å²) < 4.78 is 5.03. The van der Waals surface area contributed by atoms with Gasteiger partial charge in [0.05, 0.1) is 16.7 Å². The van der Waals surface area contributed by atoms with E-state index in [1.807, 2.05) is 24.3 Å². The first kappa shape index (κ1) is 14.6. The maximum Gasteiger partial charge on any atom is 0.0957 e. The highest BCUT2D eigenvalue weighted by atomic mass is 79.9. The molecule has 0 amide bonds. The maximum absolute atomic E-state index is 10.4. The molecule has 0 aliphatic carbocycles. The fraction of sp³-hybridized carbons (Fsp3) is 0.429. The average Bonchev–Trinajstić information content (AvgIpc) is 2.81. The standard InChI is InChI=1S/C14H17BrN2OS/c1-14(2,3)13-12(19-17-16-13)11(18)8-9-4-6-10(15)7-5-9/h4-7,11,18H,8H2,1-3H3. The van der Waals surface area contributed by atoms with Gasteiger partial charge in [0.2, 0.25) is 0 Å². The highest BCUT2D eigenvalue weighted by molar-refractivity contribution is 9.10. The summed E-state index contributed by atoms with van der Waals surface area (Å²) in [7, 11) is 0. The molecule has 0 spiro atoms. The number of aromatic nitrogens is 2. The molecule has 0 saturated heterocycles. The number of aliphatic hydroxyl groups is 1. The van der Waals surface area contributed by atoms with Crippen molar-refractivity contribution in [3.8, 4) is 0 Å². The third-order valence-electron chi connectivity index (χ3n) is 2.87. The van der Waals surface area contributed by atoms with E-state index >= 15 is 0 Å². The van der Waals surface area contributed by atoms with Crippen molar-refractivity contribution in [1.29, 1.82) is 0 Å². The van der Waals surface area contributed by atoms with Crippen molar-refractivity contribution in [2.75, 3.05) is 0 Å². The Morgan fingerprint density at radius 2 is 1.89 bits per heavy atom. The molecule has 1 atom stereocenters. The summed E-state index contributed by atoms with van der Waals surface area (Å²) in [5, 5.41) is 14.6. The Bertz CT molecular complexity index is 545. The molecule has 0 fully saturated rings. The summed E-state index contributed by atoms with van der Waals surface area (Å²) in [5.74, 6) is 0. The smallest absolute Gasteiger partial charge is 0.0957 e. The van der Waals surface area contributed by atoms with Gasteiger partial charge in [-0.3, -0.25) is 0 Å². The molecule has 1 unspecified atom stereocenters. The minimum absolute atomic E-state index is 0.0942. The van der Waals surface area contributed by atoms with E-state index in [0.717, 1.165) is 20.6 Å². The minimum atomic E-state index is -0.546. The van der Waals surface area contributed by atoms with E-state index in [1.54, 1.807) is 0 Å². The number of halogens is 1. The van der Waals surface area contributed by atoms with Crippen LogP contribution in [0.5, 0.6) is 0 Å². The van der Waals surface area contributed by atoms with E-state index in [4.69, 9.17) is 0 Å². The predicted octanol–water partition coefficient (Wildman–Crippen LogP) is 3.87. The molecule has 1 N–H and O–H groups in total. The molecule has 102 valence electrons. The van der Waals surface area contributed by atoms with Crippen LogP contribution in [0.4, 0.5) is 0 Å². The van der Waals surface area contributed by atoms with E-state index in [9.17, 15) is 5.11 Å². The predicted molar refractivity (Wildman–Crippen MR) is 81.4 cm³/mol. The maximum atomic E-state index is 10.4. The van der Waals surface area contributed by atoms with Crippen molar-refractivity contribution in [3.63, 3.8) is 0 Å². The van der Waals surface area contributed by atoms with Crippen LogP contribution in [0.1, 0.15) is 43.0 Å². The number of hydrogen-bond donors (Lipinski definition) is 1. The van der Waals surface area contributed by atoms with Crippen LogP contribution < -0.4 is 0 Å². The van der Waals surface area contributed by atoms with Gasteiger partial charge in [0.1, 0.15) is 0 Å². The Balaban J connectivity index is 2.19. The van der Waals surface area contributed by atoms with Gasteiger partial charge in [-0.05, 0) is 29.2 Å². The summed E-state index contributed by atoms with van der Waals surface area (Å²) in [5.41, 5.74) is 1.90. The van der Waals surface area contributed by atoms with Crippen molar-refractivity contribution in [2.45, 2.75) is 38.7 Å². The molecule has 0 aliphatic heterocycles. The van der Waals surface area contributed by atoms with E-state index < -0.39 is 6.10 Å². The number of nitrogens with zero attached hydrogens (tertiary/aromatic N) is 2. The molecule has 19 heavy (non-hydrogen) atoms. The van der Waals surface area contributed by atoms with Crippen molar-refractivity contribution in [2.24, 2.45) is 0 Å². The van der Waals surface area contributed by atoms with Crippen LogP contribution in [0.3, 0.4) is 0 Å². The molecule has 0 bridgehead atoms. The van der Waals surface area contributed by atoms with E-state index in [1.165, 1.54) is 11.5 Å². The van der Waals surface area contributed by atoms with E-state index in [-0.39, 0.29) is 5.41 Å². The summed E-state index contributed by atoms with van der Waals surface area (Å²) >= 11 is 4.69. The second-order valence-electron chi connectivity index (χ2n) is 5.58. The third-order valence-corrected chi connectivity index (χ3v) is 4.22. The third kappa shape index (κ3) is 3.61. The molecule has 0 saturated carbocycles. The zero-order valence-corrected chi connectivity index (χ0v) is 13.6. The lowest BCUT2D eigenvalue weighted by molar-refractivity contribution is 0.179. The topological polar surface area (TPSA) is 46.0 Å². The van der Waals surface area contributed by atoms with Crippen molar-refractivity contribution >= 4 is 27.5 Å². The molecule has 1 aromatic heterocycles. The molecule has 2 aromatic rings. The molecule has 2 rings (SSSR count). The number of aliphatic hydroxyl groups excluding tert-OH is 1. The normalized spacial score (nSPS) is 13.5. The van der Waals surface area contributed by atoms with Crippen LogP contribution in [0.15, 0.2) is 28.7 Å². The average molecular weight is 341 g/mol. The lowest BCUT2D eigenvalue weighted by atomic mass is 9.89. The van der Waals surface area contributed by atoms with Crippen LogP contribution in [0.2, 0.25) is 0 Å². The molecular formula is C14H17BrN2OS. The molecule has 5 heteroatoms. The molecular weight excluding hydrogens is 324 g/mol. The fourth-order valence-corrected chi connectivity index (χ4v) is 2.99. The van der Waals surface area contributed by atoms with Gasteiger partial charge in [0.15, 0.2) is 0 Å². The van der Waals surface area contributed by atoms with Crippen molar-refractivity contribution in [3.05, 3.63) is 44.9 Å². The minimum Gasteiger partial charge on any atom is -0.387 e. The first-order valence-electron chi connectivity index (χ1n) is 6.13. The highest BCUT2D eigenvalue weighted by Gasteiger charge is 2.26. The second-order valence-corrected chi connectivity index (χ2v) is 7.28. The zero-order chi connectivity index (χ0) is 14.0. The first-order chi connectivity index (χ1) is 8.88. The van der Waals surface area contributed by atoms with Gasteiger partial charge >= 0.3 is 0 Å². The Morgan fingerprint density at radius 1 is 1.26 bits per heavy atom. The summed E-state index contributed by atoms with van der Waals surface area (Å²) in [6.07, 6.45) is 0.0376. The fourth-order valence-electron chi connectivity index (χ4n) is 1.87. The zero-order valence-electron chi connectivity index (χ0n) is 11.2. The largest absolute Gasteiger partial charge is 0.387 e. The van der Waals surface area contributed by atoms with Crippen LogP contribution in [-0.4, -0.2) is 14.7 Å². The number of benzene rings is 1. The van der Waals surface area contributed by atoms with Gasteiger partial charge in [-0.2, -0.15) is 0 Å². The van der Waals surface area contributed by atoms with Crippen LogP contribution in [-0.2, 0) is 11.8 Å². The Hall–Kier alpha value is -0.780. The molecule has 1 aromatic carbocycles. The van der Waals surface area contributed by atoms with Crippen molar-refractivity contribution < 1.29 is 5.11 Å². The lowest BCUT2D eigenvalue weighted by Crippen LogP contribution is -2.16. The molecule has 1 heterocycles. The van der Waals surface area contributed by atoms with Crippen LogP contribution >= 0.6 is 27.5 Å². The first-order valence-corrected chi connectivity index (χ1v) is 7.70. The quantitative estimate of drug-likeness (QED) is 0.922. The van der Waals surface area contributed by atoms with Gasteiger partial charge in [0, 0.05) is 16.3 Å². The molecule has 0 radical (unpaired) electrons. The molecule has 0 aliphatic rings. The summed E-state index contributed by atoms with van der Waals surface area (Å²) in [6, 6.07) is 7.99. The van der Waals surface area contributed by atoms with Crippen LogP contribution in [0.25, 0.3) is 0 Å². The Morgan fingerprint density at radius 3 is 2.47 bits per heavy atom. The Kier molecular flexibility index (Phi) is 4.38. The summed E-state index contributed by atoms with van der Waals surface area (Å²) in [4.78, 5) is 0.871. The van der Waals surface area contributed by atoms with Gasteiger partial charge < -0.3 is 5.11 Å². The SMILES string of the molecule is CC(C)(C)c1nnsc1C(O)Cc1ccc(Br)cc1. The lowest BCUT2D eigenvalue weighted by Gasteiger charge is -2.19. The van der Waals surface area contributed by atoms with Gasteiger partial charge in [-0.15, -0.1) is 5.10 Å². The molecule has 3 nitrogen and oxygen atoms in total. The summed E-state index contributed by atoms with van der Waals surface area (Å²) in [6.45, 7) is 6.25. The number of rotatable bonds is 3. The van der Waals surface area contributed by atoms with Crippen molar-refractivity contribution in [1.82, 2.24) is 9.59 Å².